The van der Waals surface area contributed by atoms with Crippen LogP contribution < -0.4 is 4.90 Å². The third-order valence-corrected chi connectivity index (χ3v) is 4.73. The van der Waals surface area contributed by atoms with E-state index in [0.717, 1.165) is 16.8 Å². The second-order valence-corrected chi connectivity index (χ2v) is 6.95. The Morgan fingerprint density at radius 1 is 1.20 bits per heavy atom. The molecule has 1 fully saturated rings. The standard InChI is InChI=1S/C20H21ClN2O2/c1-14-4-3-5-16(10-14)11-19(24)22-13-20(25)23(12-15(22)2)18-8-6-17(21)7-9-18/h3-10,15H,11-13H2,1-2H3. The van der Waals surface area contributed by atoms with Gasteiger partial charge in [0.1, 0.15) is 6.54 Å². The monoisotopic (exact) mass is 356 g/mol. The zero-order valence-electron chi connectivity index (χ0n) is 14.4. The molecule has 1 atom stereocenters. The Labute approximate surface area is 153 Å². The summed E-state index contributed by atoms with van der Waals surface area (Å²) >= 11 is 5.91. The predicted octanol–water partition coefficient (Wildman–Crippen LogP) is 3.45. The van der Waals surface area contributed by atoms with Crippen LogP contribution in [-0.2, 0) is 16.0 Å². The maximum Gasteiger partial charge on any atom is 0.246 e. The maximum absolute atomic E-state index is 12.7. The SMILES string of the molecule is Cc1cccc(CC(=O)N2CC(=O)N(c3ccc(Cl)cc3)CC2C)c1. The minimum atomic E-state index is -0.0713. The van der Waals surface area contributed by atoms with E-state index in [4.69, 9.17) is 11.6 Å². The topological polar surface area (TPSA) is 40.6 Å². The molecular weight excluding hydrogens is 336 g/mol. The van der Waals surface area contributed by atoms with Crippen LogP contribution in [0.1, 0.15) is 18.1 Å². The summed E-state index contributed by atoms with van der Waals surface area (Å²) < 4.78 is 0. The lowest BCUT2D eigenvalue weighted by Crippen LogP contribution is -2.57. The van der Waals surface area contributed by atoms with E-state index in [1.165, 1.54) is 0 Å². The first-order chi connectivity index (χ1) is 11.9. The zero-order chi connectivity index (χ0) is 18.0. The number of rotatable bonds is 3. The van der Waals surface area contributed by atoms with Crippen LogP contribution in [0.5, 0.6) is 0 Å². The van der Waals surface area contributed by atoms with Gasteiger partial charge in [-0.25, -0.2) is 0 Å². The summed E-state index contributed by atoms with van der Waals surface area (Å²) in [4.78, 5) is 28.6. The maximum atomic E-state index is 12.7. The summed E-state index contributed by atoms with van der Waals surface area (Å²) in [5.41, 5.74) is 2.92. The first-order valence-corrected chi connectivity index (χ1v) is 8.73. The number of nitrogens with zero attached hydrogens (tertiary/aromatic N) is 2. The Morgan fingerprint density at radius 3 is 2.60 bits per heavy atom. The summed E-state index contributed by atoms with van der Waals surface area (Å²) in [6, 6.07) is 15.1. The molecule has 1 saturated heterocycles. The summed E-state index contributed by atoms with van der Waals surface area (Å²) in [5.74, 6) is -0.0831. The lowest BCUT2D eigenvalue weighted by atomic mass is 10.1. The van der Waals surface area contributed by atoms with Crippen molar-refractivity contribution in [3.63, 3.8) is 0 Å². The number of carbonyl (C=O) groups is 2. The molecule has 0 saturated carbocycles. The Kier molecular flexibility index (Phi) is 5.09. The van der Waals surface area contributed by atoms with Crippen molar-refractivity contribution in [1.29, 1.82) is 0 Å². The number of hydrogen-bond acceptors (Lipinski definition) is 2. The Balaban J connectivity index is 1.70. The average Bonchev–Trinajstić information content (AvgIpc) is 2.57. The van der Waals surface area contributed by atoms with Crippen molar-refractivity contribution in [3.05, 3.63) is 64.7 Å². The van der Waals surface area contributed by atoms with Crippen molar-refractivity contribution in [2.45, 2.75) is 26.3 Å². The average molecular weight is 357 g/mol. The largest absolute Gasteiger partial charge is 0.329 e. The van der Waals surface area contributed by atoms with E-state index in [-0.39, 0.29) is 24.4 Å². The van der Waals surface area contributed by atoms with Gasteiger partial charge in [-0.1, -0.05) is 41.4 Å². The normalized spacial score (nSPS) is 17.7. The van der Waals surface area contributed by atoms with Crippen LogP contribution in [-0.4, -0.2) is 35.8 Å². The fraction of sp³-hybridized carbons (Fsp3) is 0.300. The Hall–Kier alpha value is -2.33. The lowest BCUT2D eigenvalue weighted by Gasteiger charge is -2.39. The molecule has 1 aliphatic rings. The molecule has 2 amide bonds. The molecule has 1 unspecified atom stereocenters. The Morgan fingerprint density at radius 2 is 1.92 bits per heavy atom. The van der Waals surface area contributed by atoms with Gasteiger partial charge in [-0.15, -0.1) is 0 Å². The van der Waals surface area contributed by atoms with E-state index < -0.39 is 0 Å². The van der Waals surface area contributed by atoms with Crippen molar-refractivity contribution in [1.82, 2.24) is 4.90 Å². The van der Waals surface area contributed by atoms with Gasteiger partial charge in [0.15, 0.2) is 0 Å². The number of carbonyl (C=O) groups excluding carboxylic acids is 2. The van der Waals surface area contributed by atoms with Crippen molar-refractivity contribution in [2.24, 2.45) is 0 Å². The minimum absolute atomic E-state index is 0.0118. The molecule has 1 aliphatic heterocycles. The van der Waals surface area contributed by atoms with Crippen molar-refractivity contribution in [2.75, 3.05) is 18.0 Å². The molecule has 0 bridgehead atoms. The van der Waals surface area contributed by atoms with E-state index in [1.807, 2.05) is 50.2 Å². The van der Waals surface area contributed by atoms with Gasteiger partial charge in [-0.2, -0.15) is 0 Å². The third-order valence-electron chi connectivity index (χ3n) is 4.48. The molecule has 2 aromatic carbocycles. The lowest BCUT2D eigenvalue weighted by molar-refractivity contribution is -0.138. The third kappa shape index (κ3) is 4.02. The van der Waals surface area contributed by atoms with Crippen molar-refractivity contribution < 1.29 is 9.59 Å². The van der Waals surface area contributed by atoms with E-state index in [1.54, 1.807) is 21.9 Å². The summed E-state index contributed by atoms with van der Waals surface area (Å²) in [7, 11) is 0. The van der Waals surface area contributed by atoms with Gasteiger partial charge in [0.25, 0.3) is 0 Å². The molecule has 2 aromatic rings. The Bertz CT molecular complexity index is 789. The van der Waals surface area contributed by atoms with Crippen LogP contribution in [0.4, 0.5) is 5.69 Å². The predicted molar refractivity (Wildman–Crippen MR) is 99.9 cm³/mol. The van der Waals surface area contributed by atoms with Crippen LogP contribution in [0, 0.1) is 6.92 Å². The number of hydrogen-bond donors (Lipinski definition) is 0. The van der Waals surface area contributed by atoms with Gasteiger partial charge in [0.05, 0.1) is 6.42 Å². The van der Waals surface area contributed by atoms with Crippen molar-refractivity contribution in [3.8, 4) is 0 Å². The van der Waals surface area contributed by atoms with Gasteiger partial charge in [-0.05, 0) is 43.7 Å². The highest BCUT2D eigenvalue weighted by Gasteiger charge is 2.33. The summed E-state index contributed by atoms with van der Waals surface area (Å²) in [6.45, 7) is 4.57. The second kappa shape index (κ2) is 7.28. The highest BCUT2D eigenvalue weighted by molar-refractivity contribution is 6.30. The fourth-order valence-electron chi connectivity index (χ4n) is 3.15. The van der Waals surface area contributed by atoms with Gasteiger partial charge in [0.2, 0.25) is 11.8 Å². The molecule has 25 heavy (non-hydrogen) atoms. The molecule has 3 rings (SSSR count). The molecular formula is C20H21ClN2O2. The van der Waals surface area contributed by atoms with Crippen molar-refractivity contribution >= 4 is 29.1 Å². The molecule has 4 nitrogen and oxygen atoms in total. The van der Waals surface area contributed by atoms with E-state index in [2.05, 4.69) is 0 Å². The molecule has 130 valence electrons. The highest BCUT2D eigenvalue weighted by atomic mass is 35.5. The van der Waals surface area contributed by atoms with E-state index >= 15 is 0 Å². The molecule has 5 heteroatoms. The molecule has 1 heterocycles. The smallest absolute Gasteiger partial charge is 0.246 e. The second-order valence-electron chi connectivity index (χ2n) is 6.52. The van der Waals surface area contributed by atoms with Gasteiger partial charge >= 0.3 is 0 Å². The van der Waals surface area contributed by atoms with Gasteiger partial charge in [0, 0.05) is 23.3 Å². The number of amides is 2. The first kappa shape index (κ1) is 17.5. The number of halogens is 1. The molecule has 0 spiro atoms. The first-order valence-electron chi connectivity index (χ1n) is 8.35. The van der Waals surface area contributed by atoms with Crippen LogP contribution in [0.2, 0.25) is 5.02 Å². The van der Waals surface area contributed by atoms with Gasteiger partial charge < -0.3 is 9.80 Å². The molecule has 0 radical (unpaired) electrons. The molecule has 0 N–H and O–H groups in total. The summed E-state index contributed by atoms with van der Waals surface area (Å²) in [6.07, 6.45) is 0.320. The molecule has 0 aromatic heterocycles. The van der Waals surface area contributed by atoms with Crippen LogP contribution in [0.15, 0.2) is 48.5 Å². The number of aryl methyl sites for hydroxylation is 1. The van der Waals surface area contributed by atoms with Crippen LogP contribution >= 0.6 is 11.6 Å². The summed E-state index contributed by atoms with van der Waals surface area (Å²) in [5, 5.41) is 0.635. The van der Waals surface area contributed by atoms with E-state index in [0.29, 0.717) is 18.0 Å². The molecule has 0 aliphatic carbocycles. The fourth-order valence-corrected chi connectivity index (χ4v) is 3.28. The van der Waals surface area contributed by atoms with Gasteiger partial charge in [-0.3, -0.25) is 9.59 Å². The van der Waals surface area contributed by atoms with Crippen LogP contribution in [0.25, 0.3) is 0 Å². The number of piperazine rings is 1. The van der Waals surface area contributed by atoms with E-state index in [9.17, 15) is 9.59 Å². The minimum Gasteiger partial charge on any atom is -0.329 e. The highest BCUT2D eigenvalue weighted by Crippen LogP contribution is 2.22. The number of benzene rings is 2. The quantitative estimate of drug-likeness (QED) is 0.845. The zero-order valence-corrected chi connectivity index (χ0v) is 15.2. The van der Waals surface area contributed by atoms with Crippen LogP contribution in [0.3, 0.4) is 0 Å². The number of anilines is 1.